The molecule has 4 saturated heterocycles. The molecular weight excluding hydrogens is 489 g/mol. The van der Waals surface area contributed by atoms with Gasteiger partial charge in [0, 0.05) is 44.7 Å². The van der Waals surface area contributed by atoms with Crippen molar-refractivity contribution in [2.75, 3.05) is 45.9 Å². The number of morpholine rings is 1. The molecule has 4 aliphatic rings. The number of halogens is 3. The molecule has 3 amide bonds. The second-order valence-electron chi connectivity index (χ2n) is 9.82. The van der Waals surface area contributed by atoms with Gasteiger partial charge in [-0.25, -0.2) is 13.2 Å². The number of fused-ring (bicyclic) bond motifs is 1. The summed E-state index contributed by atoms with van der Waals surface area (Å²) in [7, 11) is -3.87. The third-order valence-electron chi connectivity index (χ3n) is 7.53. The van der Waals surface area contributed by atoms with Crippen molar-refractivity contribution in [2.45, 2.75) is 42.5 Å². The Morgan fingerprint density at radius 2 is 1.71 bits per heavy atom. The van der Waals surface area contributed by atoms with E-state index >= 15 is 0 Å². The summed E-state index contributed by atoms with van der Waals surface area (Å²) in [4.78, 5) is 28.0. The summed E-state index contributed by atoms with van der Waals surface area (Å²) < 4.78 is 70.9. The van der Waals surface area contributed by atoms with E-state index in [-0.39, 0.29) is 54.1 Å². The zero-order valence-electron chi connectivity index (χ0n) is 19.0. The lowest BCUT2D eigenvalue weighted by Gasteiger charge is -2.53. The number of nitrogens with zero attached hydrogens (tertiary/aromatic N) is 3. The Balaban J connectivity index is 1.14. The molecule has 0 saturated carbocycles. The van der Waals surface area contributed by atoms with E-state index in [2.05, 4.69) is 5.32 Å². The number of likely N-dealkylation sites (tertiary alicyclic amines) is 2. The number of hydrogen-bond donors (Lipinski definition) is 1. The third-order valence-corrected chi connectivity index (χ3v) is 9.34. The summed E-state index contributed by atoms with van der Waals surface area (Å²) in [6.07, 6.45) is -2.64. The molecular formula is C22H27F3N4O5S. The van der Waals surface area contributed by atoms with Gasteiger partial charge in [0.25, 0.3) is 0 Å². The van der Waals surface area contributed by atoms with Crippen LogP contribution in [0.5, 0.6) is 0 Å². The number of urea groups is 1. The van der Waals surface area contributed by atoms with Crippen molar-refractivity contribution >= 4 is 22.0 Å². The highest BCUT2D eigenvalue weighted by atomic mass is 32.2. The Hall–Kier alpha value is -2.38. The van der Waals surface area contributed by atoms with Crippen molar-refractivity contribution < 1.29 is 35.9 Å². The lowest BCUT2D eigenvalue weighted by atomic mass is 9.73. The topological polar surface area (TPSA) is 99.3 Å². The molecule has 13 heteroatoms. The second-order valence-corrected chi connectivity index (χ2v) is 11.8. The Bertz CT molecular complexity index is 1100. The SMILES string of the molecule is O=C1CO[C@H]2CCN(C(=O)N3CCC4(CC3)CN(S(=O)(=O)c3ccc(C(F)(F)F)cc3)C4)CC2N1. The smallest absolute Gasteiger partial charge is 0.366 e. The predicted octanol–water partition coefficient (Wildman–Crippen LogP) is 1.50. The summed E-state index contributed by atoms with van der Waals surface area (Å²) in [5.41, 5.74) is -1.12. The highest BCUT2D eigenvalue weighted by molar-refractivity contribution is 7.89. The summed E-state index contributed by atoms with van der Waals surface area (Å²) in [6.45, 7) is 2.58. The number of benzene rings is 1. The number of rotatable bonds is 2. The largest absolute Gasteiger partial charge is 0.416 e. The number of amides is 3. The number of alkyl halides is 3. The van der Waals surface area contributed by atoms with Crippen LogP contribution in [0.25, 0.3) is 0 Å². The molecule has 4 fully saturated rings. The van der Waals surface area contributed by atoms with E-state index in [4.69, 9.17) is 4.74 Å². The molecule has 0 radical (unpaired) electrons. The van der Waals surface area contributed by atoms with Crippen LogP contribution >= 0.6 is 0 Å². The van der Waals surface area contributed by atoms with Gasteiger partial charge in [0.2, 0.25) is 15.9 Å². The zero-order chi connectivity index (χ0) is 25.0. The molecule has 192 valence electrons. The summed E-state index contributed by atoms with van der Waals surface area (Å²) in [5.74, 6) is -0.179. The minimum Gasteiger partial charge on any atom is -0.366 e. The number of hydrogen-bond acceptors (Lipinski definition) is 5. The van der Waals surface area contributed by atoms with Gasteiger partial charge < -0.3 is 19.9 Å². The van der Waals surface area contributed by atoms with E-state index in [0.29, 0.717) is 45.4 Å². The maximum Gasteiger partial charge on any atom is 0.416 e. The Morgan fingerprint density at radius 1 is 1.06 bits per heavy atom. The van der Waals surface area contributed by atoms with Crippen molar-refractivity contribution in [3.63, 3.8) is 0 Å². The molecule has 1 spiro atoms. The number of ether oxygens (including phenoxy) is 1. The van der Waals surface area contributed by atoms with Gasteiger partial charge in [-0.15, -0.1) is 0 Å². The van der Waals surface area contributed by atoms with E-state index in [1.165, 1.54) is 4.31 Å². The molecule has 1 unspecified atom stereocenters. The van der Waals surface area contributed by atoms with Crippen LogP contribution < -0.4 is 5.32 Å². The molecule has 5 rings (SSSR count). The Kier molecular flexibility index (Phi) is 5.99. The highest BCUT2D eigenvalue weighted by Gasteiger charge is 2.50. The zero-order valence-corrected chi connectivity index (χ0v) is 19.8. The Morgan fingerprint density at radius 3 is 2.34 bits per heavy atom. The van der Waals surface area contributed by atoms with Gasteiger partial charge in [0.1, 0.15) is 6.61 Å². The molecule has 35 heavy (non-hydrogen) atoms. The van der Waals surface area contributed by atoms with Crippen molar-refractivity contribution in [2.24, 2.45) is 5.41 Å². The number of carbonyl (C=O) groups is 2. The molecule has 0 aliphatic carbocycles. The summed E-state index contributed by atoms with van der Waals surface area (Å²) in [6, 6.07) is 3.24. The third kappa shape index (κ3) is 4.60. The maximum atomic E-state index is 13.0. The minimum absolute atomic E-state index is 0.0505. The van der Waals surface area contributed by atoms with Crippen LogP contribution in [-0.2, 0) is 25.7 Å². The predicted molar refractivity (Wildman–Crippen MR) is 117 cm³/mol. The highest BCUT2D eigenvalue weighted by Crippen LogP contribution is 2.43. The van der Waals surface area contributed by atoms with Crippen LogP contribution in [0.4, 0.5) is 18.0 Å². The van der Waals surface area contributed by atoms with Crippen LogP contribution in [0.3, 0.4) is 0 Å². The standard InChI is InChI=1S/C22H27F3N4O5S/c23-22(24,25)15-1-3-16(4-2-15)35(32,33)29-13-21(14-29)6-9-27(10-7-21)20(31)28-8-5-18-17(11-28)26-19(30)12-34-18/h1-4,17-18H,5-14H2,(H,26,30)/t17?,18-/m0/s1. The number of nitrogens with one attached hydrogen (secondary N) is 1. The monoisotopic (exact) mass is 516 g/mol. The number of piperidine rings is 2. The molecule has 2 atom stereocenters. The van der Waals surface area contributed by atoms with E-state index in [9.17, 15) is 31.2 Å². The van der Waals surface area contributed by atoms with Crippen molar-refractivity contribution in [3.8, 4) is 0 Å². The van der Waals surface area contributed by atoms with Gasteiger partial charge >= 0.3 is 12.2 Å². The molecule has 1 aromatic rings. The quantitative estimate of drug-likeness (QED) is 0.643. The van der Waals surface area contributed by atoms with Crippen molar-refractivity contribution in [1.29, 1.82) is 0 Å². The van der Waals surface area contributed by atoms with Crippen molar-refractivity contribution in [1.82, 2.24) is 19.4 Å². The van der Waals surface area contributed by atoms with E-state index < -0.39 is 21.8 Å². The van der Waals surface area contributed by atoms with Crippen LogP contribution in [0.2, 0.25) is 0 Å². The average Bonchev–Trinajstić information content (AvgIpc) is 2.81. The van der Waals surface area contributed by atoms with Gasteiger partial charge in [-0.1, -0.05) is 0 Å². The van der Waals surface area contributed by atoms with E-state index in [1.807, 2.05) is 0 Å². The first-order chi connectivity index (χ1) is 16.5. The molecule has 4 aliphatic heterocycles. The van der Waals surface area contributed by atoms with Crippen molar-refractivity contribution in [3.05, 3.63) is 29.8 Å². The average molecular weight is 517 g/mol. The van der Waals surface area contributed by atoms with Crippen LogP contribution in [0.15, 0.2) is 29.2 Å². The van der Waals surface area contributed by atoms with Gasteiger partial charge in [0.15, 0.2) is 0 Å². The fraction of sp³-hybridized carbons (Fsp3) is 0.636. The van der Waals surface area contributed by atoms with Gasteiger partial charge in [-0.2, -0.15) is 17.5 Å². The first kappa shape index (κ1) is 24.3. The van der Waals surface area contributed by atoms with Gasteiger partial charge in [0.05, 0.1) is 22.6 Å². The van der Waals surface area contributed by atoms with Gasteiger partial charge in [-0.3, -0.25) is 4.79 Å². The molecule has 9 nitrogen and oxygen atoms in total. The molecule has 4 heterocycles. The molecule has 0 bridgehead atoms. The molecule has 0 aromatic heterocycles. The number of carbonyl (C=O) groups excluding carboxylic acids is 2. The van der Waals surface area contributed by atoms with Crippen LogP contribution in [0.1, 0.15) is 24.8 Å². The first-order valence-electron chi connectivity index (χ1n) is 11.6. The number of sulfonamides is 1. The van der Waals surface area contributed by atoms with E-state index in [0.717, 1.165) is 24.3 Å². The van der Waals surface area contributed by atoms with Gasteiger partial charge in [-0.05, 0) is 43.5 Å². The summed E-state index contributed by atoms with van der Waals surface area (Å²) in [5, 5.41) is 2.89. The fourth-order valence-electron chi connectivity index (χ4n) is 5.40. The molecule has 1 N–H and O–H groups in total. The maximum absolute atomic E-state index is 13.0. The lowest BCUT2D eigenvalue weighted by Crippen LogP contribution is -2.64. The molecule has 1 aromatic carbocycles. The summed E-state index contributed by atoms with van der Waals surface area (Å²) >= 11 is 0. The van der Waals surface area contributed by atoms with Crippen LogP contribution in [0, 0.1) is 5.41 Å². The van der Waals surface area contributed by atoms with E-state index in [1.54, 1.807) is 9.80 Å². The normalized spacial score (nSPS) is 27.2. The second kappa shape index (κ2) is 8.63. The fourth-order valence-corrected chi connectivity index (χ4v) is 7.06. The minimum atomic E-state index is -4.53. The van der Waals surface area contributed by atoms with Crippen LogP contribution in [-0.4, -0.2) is 92.5 Å². The first-order valence-corrected chi connectivity index (χ1v) is 13.0. The Labute approximate surface area is 201 Å². The lowest BCUT2D eigenvalue weighted by molar-refractivity contribution is -0.140.